The van der Waals surface area contributed by atoms with Crippen molar-refractivity contribution in [1.29, 1.82) is 0 Å². The quantitative estimate of drug-likeness (QED) is 0.753. The number of halogens is 1. The number of ether oxygens (including phenoxy) is 2. The zero-order chi connectivity index (χ0) is 18.5. The summed E-state index contributed by atoms with van der Waals surface area (Å²) in [6.45, 7) is 1.56. The minimum atomic E-state index is -0.986. The van der Waals surface area contributed by atoms with Gasteiger partial charge in [0.1, 0.15) is 5.75 Å². The first-order valence-corrected chi connectivity index (χ1v) is 8.84. The average molecular weight is 374 g/mol. The van der Waals surface area contributed by atoms with E-state index in [-0.39, 0.29) is 18.6 Å². The van der Waals surface area contributed by atoms with Crippen LogP contribution in [0.4, 0.5) is 0 Å². The molecule has 1 aliphatic rings. The van der Waals surface area contributed by atoms with Gasteiger partial charge in [-0.25, -0.2) is 4.79 Å². The van der Waals surface area contributed by atoms with E-state index < -0.39 is 12.1 Å². The van der Waals surface area contributed by atoms with Crippen LogP contribution in [0.5, 0.6) is 5.75 Å². The molecule has 1 N–H and O–H groups in total. The van der Waals surface area contributed by atoms with E-state index in [0.29, 0.717) is 16.3 Å². The predicted octanol–water partition coefficient (Wildman–Crippen LogP) is 3.59. The van der Waals surface area contributed by atoms with Crippen LogP contribution >= 0.6 is 11.6 Å². The molecule has 1 amide bonds. The normalized spacial score (nSPS) is 14.4. The Morgan fingerprint density at radius 2 is 1.92 bits per heavy atom. The van der Waals surface area contributed by atoms with Gasteiger partial charge >= 0.3 is 5.97 Å². The monoisotopic (exact) mass is 373 g/mol. The molecule has 1 saturated carbocycles. The summed E-state index contributed by atoms with van der Waals surface area (Å²) in [5.74, 6) is -0.408. The largest absolute Gasteiger partial charge is 0.482 e. The molecule has 26 heavy (non-hydrogen) atoms. The lowest BCUT2D eigenvalue weighted by Gasteiger charge is -2.18. The smallest absolute Gasteiger partial charge is 0.345 e. The highest BCUT2D eigenvalue weighted by Crippen LogP contribution is 2.24. The van der Waals surface area contributed by atoms with Crippen molar-refractivity contribution in [2.45, 2.75) is 31.9 Å². The lowest BCUT2D eigenvalue weighted by Crippen LogP contribution is -2.34. The molecule has 1 fully saturated rings. The van der Waals surface area contributed by atoms with Gasteiger partial charge < -0.3 is 14.8 Å². The van der Waals surface area contributed by atoms with Gasteiger partial charge in [-0.3, -0.25) is 4.79 Å². The summed E-state index contributed by atoms with van der Waals surface area (Å²) < 4.78 is 10.8. The predicted molar refractivity (Wildman–Crippen MR) is 98.1 cm³/mol. The van der Waals surface area contributed by atoms with Crippen molar-refractivity contribution in [3.05, 3.63) is 64.7 Å². The molecule has 0 unspecified atom stereocenters. The summed E-state index contributed by atoms with van der Waals surface area (Å²) in [5.41, 5.74) is 1.48. The third-order valence-electron chi connectivity index (χ3n) is 4.00. The first-order valence-electron chi connectivity index (χ1n) is 8.46. The van der Waals surface area contributed by atoms with Gasteiger partial charge in [0, 0.05) is 16.6 Å². The second kappa shape index (κ2) is 8.23. The SMILES string of the molecule is Cc1cc(OCC(=O)O[C@H](C(=O)NC2CC2)c2ccccc2)ccc1Cl. The summed E-state index contributed by atoms with van der Waals surface area (Å²) in [6, 6.07) is 14.3. The maximum absolute atomic E-state index is 12.4. The molecule has 0 radical (unpaired) electrons. The maximum atomic E-state index is 12.4. The van der Waals surface area contributed by atoms with Crippen molar-refractivity contribution in [2.24, 2.45) is 0 Å². The maximum Gasteiger partial charge on any atom is 0.345 e. The second-order valence-electron chi connectivity index (χ2n) is 6.26. The van der Waals surface area contributed by atoms with E-state index >= 15 is 0 Å². The van der Waals surface area contributed by atoms with Gasteiger partial charge in [0.25, 0.3) is 5.91 Å². The van der Waals surface area contributed by atoms with Crippen LogP contribution in [-0.4, -0.2) is 24.5 Å². The van der Waals surface area contributed by atoms with Crippen LogP contribution in [0.1, 0.15) is 30.1 Å². The fourth-order valence-corrected chi connectivity index (χ4v) is 2.54. The number of esters is 1. The Balaban J connectivity index is 1.62. The van der Waals surface area contributed by atoms with E-state index in [2.05, 4.69) is 5.32 Å². The molecule has 3 rings (SSSR count). The minimum Gasteiger partial charge on any atom is -0.482 e. The van der Waals surface area contributed by atoms with Crippen LogP contribution in [0.15, 0.2) is 48.5 Å². The minimum absolute atomic E-state index is 0.181. The van der Waals surface area contributed by atoms with Crippen molar-refractivity contribution >= 4 is 23.5 Å². The summed E-state index contributed by atoms with van der Waals surface area (Å²) in [5, 5.41) is 3.50. The molecule has 2 aromatic rings. The van der Waals surface area contributed by atoms with E-state index in [0.717, 1.165) is 18.4 Å². The molecular formula is C20H20ClNO4. The highest BCUT2D eigenvalue weighted by atomic mass is 35.5. The fraction of sp³-hybridized carbons (Fsp3) is 0.300. The molecule has 136 valence electrons. The zero-order valence-corrected chi connectivity index (χ0v) is 15.2. The number of benzene rings is 2. The van der Waals surface area contributed by atoms with Crippen LogP contribution in [0.25, 0.3) is 0 Å². The van der Waals surface area contributed by atoms with Crippen molar-refractivity contribution in [2.75, 3.05) is 6.61 Å². The van der Waals surface area contributed by atoms with Gasteiger partial charge in [-0.15, -0.1) is 0 Å². The van der Waals surface area contributed by atoms with E-state index in [9.17, 15) is 9.59 Å². The Hall–Kier alpha value is -2.53. The highest BCUT2D eigenvalue weighted by Gasteiger charge is 2.30. The molecule has 0 saturated heterocycles. The van der Waals surface area contributed by atoms with Gasteiger partial charge in [-0.1, -0.05) is 41.9 Å². The van der Waals surface area contributed by atoms with Crippen molar-refractivity contribution in [3.8, 4) is 5.75 Å². The zero-order valence-electron chi connectivity index (χ0n) is 14.4. The Bertz CT molecular complexity index is 790. The second-order valence-corrected chi connectivity index (χ2v) is 6.67. The number of rotatable bonds is 7. The molecule has 0 bridgehead atoms. The van der Waals surface area contributed by atoms with Crippen molar-refractivity contribution in [1.82, 2.24) is 5.32 Å². The number of hydrogen-bond donors (Lipinski definition) is 1. The summed E-state index contributed by atoms with van der Waals surface area (Å²) >= 11 is 5.97. The Labute approximate surface area is 157 Å². The van der Waals surface area contributed by atoms with Gasteiger partial charge in [-0.05, 0) is 43.5 Å². The van der Waals surface area contributed by atoms with Gasteiger partial charge in [-0.2, -0.15) is 0 Å². The first-order chi connectivity index (χ1) is 12.5. The third-order valence-corrected chi connectivity index (χ3v) is 4.42. The van der Waals surface area contributed by atoms with E-state index in [1.54, 1.807) is 42.5 Å². The van der Waals surface area contributed by atoms with Crippen LogP contribution in [-0.2, 0) is 14.3 Å². The van der Waals surface area contributed by atoms with Gasteiger partial charge in [0.2, 0.25) is 6.10 Å². The van der Waals surface area contributed by atoms with E-state index in [1.165, 1.54) is 0 Å². The molecule has 6 heteroatoms. The molecule has 0 heterocycles. The average Bonchev–Trinajstić information content (AvgIpc) is 3.45. The van der Waals surface area contributed by atoms with Gasteiger partial charge in [0.05, 0.1) is 0 Å². The number of carbonyl (C=O) groups is 2. The van der Waals surface area contributed by atoms with Crippen LogP contribution in [0, 0.1) is 6.92 Å². The highest BCUT2D eigenvalue weighted by molar-refractivity contribution is 6.31. The van der Waals surface area contributed by atoms with Crippen LogP contribution in [0.3, 0.4) is 0 Å². The van der Waals surface area contributed by atoms with Crippen molar-refractivity contribution in [3.63, 3.8) is 0 Å². The Morgan fingerprint density at radius 3 is 2.58 bits per heavy atom. The topological polar surface area (TPSA) is 64.6 Å². The lowest BCUT2D eigenvalue weighted by molar-refractivity contribution is -0.158. The Morgan fingerprint density at radius 1 is 1.19 bits per heavy atom. The fourth-order valence-electron chi connectivity index (χ4n) is 2.42. The summed E-state index contributed by atoms with van der Waals surface area (Å²) in [6.07, 6.45) is 0.931. The number of nitrogens with one attached hydrogen (secondary N) is 1. The summed E-state index contributed by atoms with van der Waals surface area (Å²) in [4.78, 5) is 24.6. The van der Waals surface area contributed by atoms with Crippen molar-refractivity contribution < 1.29 is 19.1 Å². The van der Waals surface area contributed by atoms with Crippen LogP contribution in [0.2, 0.25) is 5.02 Å². The molecular weight excluding hydrogens is 354 g/mol. The van der Waals surface area contributed by atoms with E-state index in [4.69, 9.17) is 21.1 Å². The first kappa shape index (κ1) is 18.3. The molecule has 5 nitrogen and oxygen atoms in total. The molecule has 1 aliphatic carbocycles. The van der Waals surface area contributed by atoms with Crippen LogP contribution < -0.4 is 10.1 Å². The number of amides is 1. The van der Waals surface area contributed by atoms with Gasteiger partial charge in [0.15, 0.2) is 6.61 Å². The number of carbonyl (C=O) groups excluding carboxylic acids is 2. The standard InChI is InChI=1S/C20H20ClNO4/c1-13-11-16(9-10-17(13)21)25-12-18(23)26-19(14-5-3-2-4-6-14)20(24)22-15-7-8-15/h2-6,9-11,15,19H,7-8,12H2,1H3,(H,22,24)/t19-/m0/s1. The Kier molecular flexibility index (Phi) is 5.78. The lowest BCUT2D eigenvalue weighted by atomic mass is 10.1. The third kappa shape index (κ3) is 4.99. The molecule has 1 atom stereocenters. The molecule has 0 aliphatic heterocycles. The molecule has 2 aromatic carbocycles. The number of hydrogen-bond acceptors (Lipinski definition) is 4. The molecule has 0 spiro atoms. The molecule has 0 aromatic heterocycles. The van der Waals surface area contributed by atoms with E-state index in [1.807, 2.05) is 13.0 Å². The number of aryl methyl sites for hydroxylation is 1. The summed E-state index contributed by atoms with van der Waals surface area (Å²) in [7, 11) is 0.